The Kier molecular flexibility index (Phi) is 3.72. The Balaban J connectivity index is 2.13. The monoisotopic (exact) mass is 255 g/mol. The normalized spacial score (nSPS) is 23.2. The molecule has 1 aliphatic carbocycles. The van der Waals surface area contributed by atoms with Gasteiger partial charge >= 0.3 is 0 Å². The molecule has 0 saturated heterocycles. The lowest BCUT2D eigenvalue weighted by Gasteiger charge is -2.34. The molecule has 0 radical (unpaired) electrons. The Labute approximate surface area is 106 Å². The van der Waals surface area contributed by atoms with Crippen LogP contribution in [0.25, 0.3) is 0 Å². The first-order valence-corrected chi connectivity index (χ1v) is 6.51. The second kappa shape index (κ2) is 5.08. The van der Waals surface area contributed by atoms with Crippen LogP contribution in [0.15, 0.2) is 11.0 Å². The summed E-state index contributed by atoms with van der Waals surface area (Å²) >= 11 is 6.06. The van der Waals surface area contributed by atoms with Gasteiger partial charge in [-0.05, 0) is 25.2 Å². The number of hydrogen-bond acceptors (Lipinski definition) is 3. The zero-order valence-corrected chi connectivity index (χ0v) is 11.0. The quantitative estimate of drug-likeness (QED) is 0.899. The highest BCUT2D eigenvalue weighted by atomic mass is 35.5. The molecule has 0 bridgehead atoms. The van der Waals surface area contributed by atoms with Gasteiger partial charge in [-0.3, -0.25) is 4.79 Å². The van der Waals surface area contributed by atoms with E-state index in [9.17, 15) is 4.79 Å². The van der Waals surface area contributed by atoms with Gasteiger partial charge < -0.3 is 5.32 Å². The van der Waals surface area contributed by atoms with E-state index in [1.54, 1.807) is 6.20 Å². The van der Waals surface area contributed by atoms with Gasteiger partial charge in [-0.1, -0.05) is 25.4 Å². The molecule has 1 aromatic rings. The molecule has 0 amide bonds. The number of aryl methyl sites for hydroxylation is 1. The molecule has 0 aliphatic heterocycles. The number of anilines is 1. The minimum Gasteiger partial charge on any atom is -0.380 e. The van der Waals surface area contributed by atoms with Crippen molar-refractivity contribution in [3.8, 4) is 0 Å². The van der Waals surface area contributed by atoms with Crippen LogP contribution in [0.3, 0.4) is 0 Å². The van der Waals surface area contributed by atoms with E-state index in [1.165, 1.54) is 4.68 Å². The van der Waals surface area contributed by atoms with Crippen molar-refractivity contribution in [2.24, 2.45) is 5.92 Å². The van der Waals surface area contributed by atoms with Crippen molar-refractivity contribution in [1.29, 1.82) is 0 Å². The highest BCUT2D eigenvalue weighted by Crippen LogP contribution is 2.30. The standard InChI is InChI=1S/C12H18ClN3O/c1-3-4-16-12(17)11(13)10(7-14-16)15-9-5-8(2)6-9/h7-9,15H,3-6H2,1-2H3. The average Bonchev–Trinajstić information content (AvgIpc) is 2.26. The van der Waals surface area contributed by atoms with Crippen LogP contribution in [0.2, 0.25) is 5.02 Å². The van der Waals surface area contributed by atoms with Crippen molar-refractivity contribution in [1.82, 2.24) is 9.78 Å². The largest absolute Gasteiger partial charge is 0.380 e. The van der Waals surface area contributed by atoms with Gasteiger partial charge in [0.25, 0.3) is 5.56 Å². The number of rotatable bonds is 4. The number of aromatic nitrogens is 2. The van der Waals surface area contributed by atoms with Crippen LogP contribution in [-0.4, -0.2) is 15.8 Å². The van der Waals surface area contributed by atoms with Crippen molar-refractivity contribution in [3.63, 3.8) is 0 Å². The summed E-state index contributed by atoms with van der Waals surface area (Å²) in [7, 11) is 0. The topological polar surface area (TPSA) is 46.9 Å². The number of nitrogens with zero attached hydrogens (tertiary/aromatic N) is 2. The van der Waals surface area contributed by atoms with Crippen LogP contribution in [0.4, 0.5) is 5.69 Å². The Morgan fingerprint density at radius 1 is 1.59 bits per heavy atom. The van der Waals surface area contributed by atoms with Crippen LogP contribution in [0.1, 0.15) is 33.1 Å². The minimum atomic E-state index is -0.203. The minimum absolute atomic E-state index is 0.203. The molecule has 1 saturated carbocycles. The Bertz CT molecular complexity index is 452. The van der Waals surface area contributed by atoms with Gasteiger partial charge in [0.05, 0.1) is 11.9 Å². The molecule has 1 fully saturated rings. The van der Waals surface area contributed by atoms with E-state index in [1.807, 2.05) is 6.92 Å². The van der Waals surface area contributed by atoms with Gasteiger partial charge in [0.1, 0.15) is 5.02 Å². The third-order valence-corrected chi connectivity index (χ3v) is 3.52. The molecule has 4 nitrogen and oxygen atoms in total. The van der Waals surface area contributed by atoms with Gasteiger partial charge in [-0.2, -0.15) is 5.10 Å². The Morgan fingerprint density at radius 3 is 2.88 bits per heavy atom. The van der Waals surface area contributed by atoms with Gasteiger partial charge in [-0.15, -0.1) is 0 Å². The predicted molar refractivity (Wildman–Crippen MR) is 69.6 cm³/mol. The molecule has 1 N–H and O–H groups in total. The van der Waals surface area contributed by atoms with E-state index in [-0.39, 0.29) is 10.6 Å². The summed E-state index contributed by atoms with van der Waals surface area (Å²) in [5, 5.41) is 7.65. The predicted octanol–water partition coefficient (Wildman–Crippen LogP) is 2.52. The summed E-state index contributed by atoms with van der Waals surface area (Å²) in [6, 6.07) is 0.436. The van der Waals surface area contributed by atoms with E-state index in [4.69, 9.17) is 11.6 Å². The third-order valence-electron chi connectivity index (χ3n) is 3.15. The van der Waals surface area contributed by atoms with Crippen LogP contribution in [0, 0.1) is 5.92 Å². The maximum Gasteiger partial charge on any atom is 0.287 e. The maximum absolute atomic E-state index is 11.9. The van der Waals surface area contributed by atoms with Crippen LogP contribution < -0.4 is 10.9 Å². The average molecular weight is 256 g/mol. The Hall–Kier alpha value is -1.03. The second-order valence-corrected chi connectivity index (χ2v) is 5.20. The van der Waals surface area contributed by atoms with Crippen molar-refractivity contribution in [2.45, 2.75) is 45.7 Å². The smallest absolute Gasteiger partial charge is 0.287 e. The van der Waals surface area contributed by atoms with Crippen LogP contribution in [0.5, 0.6) is 0 Å². The highest BCUT2D eigenvalue weighted by molar-refractivity contribution is 6.32. The summed E-state index contributed by atoms with van der Waals surface area (Å²) < 4.78 is 1.41. The van der Waals surface area contributed by atoms with Crippen LogP contribution in [-0.2, 0) is 6.54 Å². The zero-order valence-electron chi connectivity index (χ0n) is 10.2. The number of nitrogens with one attached hydrogen (secondary N) is 1. The van der Waals surface area contributed by atoms with E-state index >= 15 is 0 Å². The fraction of sp³-hybridized carbons (Fsp3) is 0.667. The summed E-state index contributed by atoms with van der Waals surface area (Å²) in [4.78, 5) is 11.9. The first kappa shape index (κ1) is 12.4. The summed E-state index contributed by atoms with van der Waals surface area (Å²) in [5.74, 6) is 0.764. The fourth-order valence-corrected chi connectivity index (χ4v) is 2.38. The van der Waals surface area contributed by atoms with E-state index in [2.05, 4.69) is 17.3 Å². The van der Waals surface area contributed by atoms with Crippen molar-refractivity contribution in [2.75, 3.05) is 5.32 Å². The molecule has 0 spiro atoms. The van der Waals surface area contributed by atoms with Gasteiger partial charge in [-0.25, -0.2) is 4.68 Å². The first-order valence-electron chi connectivity index (χ1n) is 6.14. The van der Waals surface area contributed by atoms with E-state index in [0.717, 1.165) is 25.2 Å². The summed E-state index contributed by atoms with van der Waals surface area (Å²) in [6.07, 6.45) is 4.79. The molecule has 17 heavy (non-hydrogen) atoms. The zero-order chi connectivity index (χ0) is 12.4. The lowest BCUT2D eigenvalue weighted by atomic mass is 9.82. The lowest BCUT2D eigenvalue weighted by molar-refractivity contribution is 0.309. The molecule has 1 heterocycles. The van der Waals surface area contributed by atoms with Crippen molar-refractivity contribution < 1.29 is 0 Å². The van der Waals surface area contributed by atoms with Gasteiger partial charge in [0, 0.05) is 12.6 Å². The molecule has 2 rings (SSSR count). The molecule has 94 valence electrons. The second-order valence-electron chi connectivity index (χ2n) is 4.82. The molecule has 0 atom stereocenters. The summed E-state index contributed by atoms with van der Waals surface area (Å²) in [6.45, 7) is 4.83. The molecular formula is C12H18ClN3O. The Morgan fingerprint density at radius 2 is 2.29 bits per heavy atom. The molecule has 1 aliphatic rings. The van der Waals surface area contributed by atoms with E-state index < -0.39 is 0 Å². The fourth-order valence-electron chi connectivity index (χ4n) is 2.18. The van der Waals surface area contributed by atoms with Crippen LogP contribution >= 0.6 is 11.6 Å². The number of halogens is 1. The molecule has 0 aromatic carbocycles. The van der Waals surface area contributed by atoms with Gasteiger partial charge in [0.15, 0.2) is 0 Å². The third kappa shape index (κ3) is 2.63. The highest BCUT2D eigenvalue weighted by Gasteiger charge is 2.26. The van der Waals surface area contributed by atoms with Crippen molar-refractivity contribution in [3.05, 3.63) is 21.6 Å². The molecule has 5 heteroatoms. The SMILES string of the molecule is CCCn1ncc(NC2CC(C)C2)c(Cl)c1=O. The molecule has 0 unspecified atom stereocenters. The summed E-state index contributed by atoms with van der Waals surface area (Å²) in [5.41, 5.74) is 0.465. The van der Waals surface area contributed by atoms with Gasteiger partial charge in [0.2, 0.25) is 0 Å². The number of hydrogen-bond donors (Lipinski definition) is 1. The molecular weight excluding hydrogens is 238 g/mol. The van der Waals surface area contributed by atoms with E-state index in [0.29, 0.717) is 18.3 Å². The maximum atomic E-state index is 11.9. The lowest BCUT2D eigenvalue weighted by Crippen LogP contribution is -2.35. The first-order chi connectivity index (χ1) is 8.11. The molecule has 1 aromatic heterocycles. The van der Waals surface area contributed by atoms with Crippen molar-refractivity contribution >= 4 is 17.3 Å².